The average Bonchev–Trinajstić information content (AvgIpc) is 2.38. The molecule has 3 rings (SSSR count). The lowest BCUT2D eigenvalue weighted by Crippen LogP contribution is -2.37. The third kappa shape index (κ3) is 2.07. The quantitative estimate of drug-likeness (QED) is 0.847. The summed E-state index contributed by atoms with van der Waals surface area (Å²) in [5.41, 5.74) is 0.357. The van der Waals surface area contributed by atoms with Crippen molar-refractivity contribution in [2.45, 2.75) is 0 Å². The van der Waals surface area contributed by atoms with Gasteiger partial charge in [-0.3, -0.25) is 0 Å². The Bertz CT molecular complexity index is 635. The van der Waals surface area contributed by atoms with Gasteiger partial charge in [-0.1, -0.05) is 11.6 Å². The zero-order valence-electron chi connectivity index (χ0n) is 9.65. The SMILES string of the molecule is O=c1nc(N2CCOCC2)c2ccc(Cl)cc2[nH]1. The van der Waals surface area contributed by atoms with Crippen molar-refractivity contribution in [1.82, 2.24) is 9.97 Å². The van der Waals surface area contributed by atoms with Crippen LogP contribution in [0.25, 0.3) is 10.9 Å². The highest BCUT2D eigenvalue weighted by Gasteiger charge is 2.16. The van der Waals surface area contributed by atoms with Crippen LogP contribution in [-0.2, 0) is 4.74 Å². The number of hydrogen-bond acceptors (Lipinski definition) is 4. The Morgan fingerprint density at radius 2 is 2.11 bits per heavy atom. The van der Waals surface area contributed by atoms with E-state index >= 15 is 0 Å². The van der Waals surface area contributed by atoms with Gasteiger partial charge in [0.15, 0.2) is 0 Å². The number of rotatable bonds is 1. The first-order chi connectivity index (χ1) is 8.74. The van der Waals surface area contributed by atoms with Crippen molar-refractivity contribution in [3.05, 3.63) is 33.7 Å². The monoisotopic (exact) mass is 265 g/mol. The van der Waals surface area contributed by atoms with Gasteiger partial charge in [0.2, 0.25) is 0 Å². The summed E-state index contributed by atoms with van der Waals surface area (Å²) in [5, 5.41) is 1.50. The molecule has 1 aliphatic rings. The van der Waals surface area contributed by atoms with Gasteiger partial charge in [-0.2, -0.15) is 4.98 Å². The Balaban J connectivity index is 2.17. The van der Waals surface area contributed by atoms with Crippen LogP contribution >= 0.6 is 11.6 Å². The standard InChI is InChI=1S/C12H12ClN3O2/c13-8-1-2-9-10(7-8)14-12(17)15-11(9)16-3-5-18-6-4-16/h1-2,7H,3-6H2,(H,14,15,17). The van der Waals surface area contributed by atoms with E-state index in [1.807, 2.05) is 6.07 Å². The molecule has 0 spiro atoms. The number of H-pyrrole nitrogens is 1. The average molecular weight is 266 g/mol. The van der Waals surface area contributed by atoms with Crippen LogP contribution in [-0.4, -0.2) is 36.3 Å². The van der Waals surface area contributed by atoms with Crippen molar-refractivity contribution >= 4 is 28.3 Å². The molecule has 1 saturated heterocycles. The molecule has 18 heavy (non-hydrogen) atoms. The molecule has 0 bridgehead atoms. The van der Waals surface area contributed by atoms with E-state index in [9.17, 15) is 4.79 Å². The summed E-state index contributed by atoms with van der Waals surface area (Å²) in [6, 6.07) is 5.42. The molecule has 0 amide bonds. The molecular formula is C12H12ClN3O2. The normalized spacial score (nSPS) is 16.2. The van der Waals surface area contributed by atoms with Crippen LogP contribution in [0, 0.1) is 0 Å². The van der Waals surface area contributed by atoms with Crippen molar-refractivity contribution in [1.29, 1.82) is 0 Å². The number of anilines is 1. The van der Waals surface area contributed by atoms with Crippen LogP contribution in [0.1, 0.15) is 0 Å². The van der Waals surface area contributed by atoms with E-state index in [1.165, 1.54) is 0 Å². The maximum absolute atomic E-state index is 11.6. The van der Waals surface area contributed by atoms with Gasteiger partial charge >= 0.3 is 5.69 Å². The van der Waals surface area contributed by atoms with E-state index in [-0.39, 0.29) is 5.69 Å². The largest absolute Gasteiger partial charge is 0.378 e. The third-order valence-electron chi connectivity index (χ3n) is 2.98. The first-order valence-electron chi connectivity index (χ1n) is 5.76. The van der Waals surface area contributed by atoms with Crippen LogP contribution in [0.5, 0.6) is 0 Å². The van der Waals surface area contributed by atoms with Gasteiger partial charge in [0.05, 0.1) is 18.7 Å². The number of benzene rings is 1. The topological polar surface area (TPSA) is 58.2 Å². The van der Waals surface area contributed by atoms with E-state index in [2.05, 4.69) is 14.9 Å². The molecule has 5 nitrogen and oxygen atoms in total. The summed E-state index contributed by atoms with van der Waals surface area (Å²) in [6.07, 6.45) is 0. The maximum Gasteiger partial charge on any atom is 0.347 e. The van der Waals surface area contributed by atoms with Crippen LogP contribution in [0.2, 0.25) is 5.02 Å². The number of ether oxygens (including phenoxy) is 1. The fraction of sp³-hybridized carbons (Fsp3) is 0.333. The van der Waals surface area contributed by atoms with Gasteiger partial charge in [-0.25, -0.2) is 4.79 Å². The van der Waals surface area contributed by atoms with Gasteiger partial charge in [-0.05, 0) is 18.2 Å². The molecular weight excluding hydrogens is 254 g/mol. The van der Waals surface area contributed by atoms with Gasteiger partial charge in [0.25, 0.3) is 0 Å². The highest BCUT2D eigenvalue weighted by Crippen LogP contribution is 2.24. The fourth-order valence-electron chi connectivity index (χ4n) is 2.13. The number of aromatic nitrogens is 2. The first-order valence-corrected chi connectivity index (χ1v) is 6.14. The number of fused-ring (bicyclic) bond motifs is 1. The molecule has 2 heterocycles. The van der Waals surface area contributed by atoms with Crippen molar-refractivity contribution in [3.8, 4) is 0 Å². The number of halogens is 1. The first kappa shape index (κ1) is 11.5. The Labute approximate surface area is 108 Å². The van der Waals surface area contributed by atoms with Gasteiger partial charge in [0, 0.05) is 23.5 Å². The molecule has 0 aliphatic carbocycles. The number of nitrogens with one attached hydrogen (secondary N) is 1. The second kappa shape index (κ2) is 4.59. The van der Waals surface area contributed by atoms with Crippen LogP contribution in [0.4, 0.5) is 5.82 Å². The molecule has 1 fully saturated rings. The number of morpholine rings is 1. The predicted octanol–water partition coefficient (Wildman–Crippen LogP) is 1.41. The molecule has 1 aromatic carbocycles. The highest BCUT2D eigenvalue weighted by molar-refractivity contribution is 6.31. The van der Waals surface area contributed by atoms with Crippen molar-refractivity contribution in [2.24, 2.45) is 0 Å². The highest BCUT2D eigenvalue weighted by atomic mass is 35.5. The van der Waals surface area contributed by atoms with Crippen LogP contribution in [0.3, 0.4) is 0 Å². The van der Waals surface area contributed by atoms with E-state index in [0.29, 0.717) is 29.6 Å². The number of aromatic amines is 1. The zero-order chi connectivity index (χ0) is 12.5. The Hall–Kier alpha value is -1.59. The Kier molecular flexibility index (Phi) is 2.93. The summed E-state index contributed by atoms with van der Waals surface area (Å²) >= 11 is 5.93. The summed E-state index contributed by atoms with van der Waals surface area (Å²) in [6.45, 7) is 2.80. The second-order valence-electron chi connectivity index (χ2n) is 4.15. The van der Waals surface area contributed by atoms with E-state index in [4.69, 9.17) is 16.3 Å². The minimum atomic E-state index is -0.355. The smallest absolute Gasteiger partial charge is 0.347 e. The summed E-state index contributed by atoms with van der Waals surface area (Å²) < 4.78 is 5.31. The molecule has 0 atom stereocenters. The van der Waals surface area contributed by atoms with Crippen LogP contribution < -0.4 is 10.6 Å². The Morgan fingerprint density at radius 1 is 1.33 bits per heavy atom. The molecule has 6 heteroatoms. The minimum Gasteiger partial charge on any atom is -0.378 e. The summed E-state index contributed by atoms with van der Waals surface area (Å²) in [4.78, 5) is 20.4. The molecule has 0 radical (unpaired) electrons. The molecule has 1 aromatic heterocycles. The fourth-order valence-corrected chi connectivity index (χ4v) is 2.30. The number of hydrogen-bond donors (Lipinski definition) is 1. The van der Waals surface area contributed by atoms with Crippen molar-refractivity contribution < 1.29 is 4.74 Å². The third-order valence-corrected chi connectivity index (χ3v) is 3.22. The predicted molar refractivity (Wildman–Crippen MR) is 70.4 cm³/mol. The molecule has 2 aromatic rings. The zero-order valence-corrected chi connectivity index (χ0v) is 10.4. The molecule has 0 saturated carbocycles. The van der Waals surface area contributed by atoms with Crippen molar-refractivity contribution in [2.75, 3.05) is 31.2 Å². The second-order valence-corrected chi connectivity index (χ2v) is 4.59. The van der Waals surface area contributed by atoms with E-state index < -0.39 is 0 Å². The molecule has 1 aliphatic heterocycles. The molecule has 0 unspecified atom stereocenters. The number of nitrogens with zero attached hydrogens (tertiary/aromatic N) is 2. The van der Waals surface area contributed by atoms with Gasteiger partial charge in [0.1, 0.15) is 5.82 Å². The Morgan fingerprint density at radius 3 is 2.89 bits per heavy atom. The maximum atomic E-state index is 11.6. The van der Waals surface area contributed by atoms with E-state index in [0.717, 1.165) is 18.5 Å². The lowest BCUT2D eigenvalue weighted by Gasteiger charge is -2.28. The summed E-state index contributed by atoms with van der Waals surface area (Å²) in [7, 11) is 0. The molecule has 94 valence electrons. The lowest BCUT2D eigenvalue weighted by molar-refractivity contribution is 0.122. The molecule has 1 N–H and O–H groups in total. The van der Waals surface area contributed by atoms with Crippen molar-refractivity contribution in [3.63, 3.8) is 0 Å². The summed E-state index contributed by atoms with van der Waals surface area (Å²) in [5.74, 6) is 0.703. The van der Waals surface area contributed by atoms with Gasteiger partial charge in [-0.15, -0.1) is 0 Å². The van der Waals surface area contributed by atoms with Crippen LogP contribution in [0.15, 0.2) is 23.0 Å². The van der Waals surface area contributed by atoms with Gasteiger partial charge < -0.3 is 14.6 Å². The van der Waals surface area contributed by atoms with E-state index in [1.54, 1.807) is 12.1 Å². The lowest BCUT2D eigenvalue weighted by atomic mass is 10.2. The minimum absolute atomic E-state index is 0.355.